The smallest absolute Gasteiger partial charge is 0.245 e. The maximum atomic E-state index is 13.1. The van der Waals surface area contributed by atoms with E-state index in [1.165, 1.54) is 6.92 Å². The number of pyridine rings is 1. The third kappa shape index (κ3) is 3.17. The number of hydrogen-bond donors (Lipinski definition) is 1. The molecule has 5 rings (SSSR count). The fraction of sp³-hybridized carbons (Fsp3) is 0.292. The second-order valence-corrected chi connectivity index (χ2v) is 8.23. The molecule has 2 aliphatic heterocycles. The summed E-state index contributed by atoms with van der Waals surface area (Å²) in [4.78, 5) is 34.2. The van der Waals surface area contributed by atoms with Crippen molar-refractivity contribution >= 4 is 28.4 Å². The van der Waals surface area contributed by atoms with Gasteiger partial charge in [-0.15, -0.1) is 0 Å². The van der Waals surface area contributed by atoms with E-state index in [0.29, 0.717) is 13.2 Å². The summed E-state index contributed by atoms with van der Waals surface area (Å²) in [5.74, 6) is 0.479. The molecule has 31 heavy (non-hydrogen) atoms. The van der Waals surface area contributed by atoms with E-state index in [0.717, 1.165) is 39.2 Å². The number of fused-ring (bicyclic) bond motifs is 3. The van der Waals surface area contributed by atoms with E-state index in [4.69, 9.17) is 9.72 Å². The number of nitrogens with zero attached hydrogens (tertiary/aromatic N) is 3. The molecule has 0 unspecified atom stereocenters. The standard InChI is InChI=1S/C24H24N4O3/c1-14(29)28-20(24(30)27(2)3)11-17-10-15-6-4-5-7-18(15)26-22(17)23(28)16-8-9-19-21(12-16)31-13-25-19/h4-10,12,20,23,25H,11,13H2,1-3H3/t20-,23-/m1/s1. The molecular weight excluding hydrogens is 392 g/mol. The second-order valence-electron chi connectivity index (χ2n) is 8.23. The maximum absolute atomic E-state index is 13.1. The first-order chi connectivity index (χ1) is 14.9. The number of nitrogens with one attached hydrogen (secondary N) is 1. The van der Waals surface area contributed by atoms with Crippen LogP contribution in [0.25, 0.3) is 10.9 Å². The largest absolute Gasteiger partial charge is 0.471 e. The molecule has 0 fully saturated rings. The monoisotopic (exact) mass is 416 g/mol. The molecular formula is C24H24N4O3. The molecule has 7 nitrogen and oxygen atoms in total. The highest BCUT2D eigenvalue weighted by Crippen LogP contribution is 2.41. The van der Waals surface area contributed by atoms with Gasteiger partial charge in [-0.1, -0.05) is 24.3 Å². The van der Waals surface area contributed by atoms with Crippen molar-refractivity contribution in [2.45, 2.75) is 25.4 Å². The molecule has 1 aromatic heterocycles. The maximum Gasteiger partial charge on any atom is 0.245 e. The molecule has 2 aliphatic rings. The molecule has 0 radical (unpaired) electrons. The van der Waals surface area contributed by atoms with Gasteiger partial charge in [-0.3, -0.25) is 9.59 Å². The van der Waals surface area contributed by atoms with Crippen LogP contribution in [0.5, 0.6) is 5.75 Å². The number of ether oxygens (including phenoxy) is 1. The van der Waals surface area contributed by atoms with Gasteiger partial charge in [0, 0.05) is 32.8 Å². The lowest BCUT2D eigenvalue weighted by molar-refractivity contribution is -0.145. The first kappa shape index (κ1) is 19.4. The average molecular weight is 416 g/mol. The Morgan fingerprint density at radius 3 is 2.74 bits per heavy atom. The first-order valence-electron chi connectivity index (χ1n) is 10.3. The zero-order chi connectivity index (χ0) is 21.7. The van der Waals surface area contributed by atoms with Crippen molar-refractivity contribution in [1.82, 2.24) is 14.8 Å². The molecule has 0 saturated carbocycles. The molecule has 2 atom stereocenters. The lowest BCUT2D eigenvalue weighted by Gasteiger charge is -2.42. The van der Waals surface area contributed by atoms with Crippen molar-refractivity contribution < 1.29 is 14.3 Å². The molecule has 0 spiro atoms. The Morgan fingerprint density at radius 2 is 1.97 bits per heavy atom. The number of likely N-dealkylation sites (N-methyl/N-ethyl adjacent to an activating group) is 1. The predicted octanol–water partition coefficient (Wildman–Crippen LogP) is 2.95. The van der Waals surface area contributed by atoms with Gasteiger partial charge in [0.2, 0.25) is 11.8 Å². The Balaban J connectivity index is 1.74. The van der Waals surface area contributed by atoms with Crippen LogP contribution in [0, 0.1) is 0 Å². The number of para-hydroxylation sites is 1. The number of rotatable bonds is 2. The molecule has 2 aromatic carbocycles. The van der Waals surface area contributed by atoms with E-state index in [-0.39, 0.29) is 11.8 Å². The van der Waals surface area contributed by atoms with Gasteiger partial charge in [0.05, 0.1) is 16.9 Å². The third-order valence-corrected chi connectivity index (χ3v) is 6.02. The zero-order valence-electron chi connectivity index (χ0n) is 17.8. The van der Waals surface area contributed by atoms with Crippen LogP contribution in [0.4, 0.5) is 5.69 Å². The van der Waals surface area contributed by atoms with Crippen molar-refractivity contribution in [3.8, 4) is 5.75 Å². The van der Waals surface area contributed by atoms with Crippen molar-refractivity contribution in [2.75, 3.05) is 26.1 Å². The van der Waals surface area contributed by atoms with Crippen LogP contribution in [-0.2, 0) is 16.0 Å². The van der Waals surface area contributed by atoms with Gasteiger partial charge in [-0.2, -0.15) is 0 Å². The van der Waals surface area contributed by atoms with Crippen molar-refractivity contribution in [2.24, 2.45) is 0 Å². The number of carbonyl (C=O) groups is 2. The van der Waals surface area contributed by atoms with Gasteiger partial charge in [-0.25, -0.2) is 4.98 Å². The zero-order valence-corrected chi connectivity index (χ0v) is 17.8. The highest BCUT2D eigenvalue weighted by molar-refractivity contribution is 5.89. The summed E-state index contributed by atoms with van der Waals surface area (Å²) in [6.07, 6.45) is 0.434. The summed E-state index contributed by atoms with van der Waals surface area (Å²) in [5, 5.41) is 4.19. The molecule has 3 heterocycles. The van der Waals surface area contributed by atoms with Crippen LogP contribution in [0.15, 0.2) is 48.5 Å². The predicted molar refractivity (Wildman–Crippen MR) is 118 cm³/mol. The number of hydrogen-bond acceptors (Lipinski definition) is 5. The summed E-state index contributed by atoms with van der Waals surface area (Å²) in [6, 6.07) is 14.8. The van der Waals surface area contributed by atoms with Crippen LogP contribution >= 0.6 is 0 Å². The van der Waals surface area contributed by atoms with Crippen LogP contribution < -0.4 is 10.1 Å². The summed E-state index contributed by atoms with van der Waals surface area (Å²) in [5.41, 5.74) is 4.45. The number of amides is 2. The van der Waals surface area contributed by atoms with Gasteiger partial charge in [0.25, 0.3) is 0 Å². The van der Waals surface area contributed by atoms with Crippen molar-refractivity contribution in [3.63, 3.8) is 0 Å². The Morgan fingerprint density at radius 1 is 1.16 bits per heavy atom. The van der Waals surface area contributed by atoms with Crippen LogP contribution in [0.2, 0.25) is 0 Å². The number of anilines is 1. The lowest BCUT2D eigenvalue weighted by atomic mass is 9.86. The minimum Gasteiger partial charge on any atom is -0.471 e. The highest BCUT2D eigenvalue weighted by Gasteiger charge is 2.42. The first-order valence-corrected chi connectivity index (χ1v) is 10.3. The summed E-state index contributed by atoms with van der Waals surface area (Å²) >= 11 is 0. The second kappa shape index (κ2) is 7.27. The summed E-state index contributed by atoms with van der Waals surface area (Å²) < 4.78 is 5.69. The van der Waals surface area contributed by atoms with Crippen LogP contribution in [0.1, 0.15) is 29.8 Å². The normalized spacial score (nSPS) is 19.3. The number of carbonyl (C=O) groups excluding carboxylic acids is 2. The number of aromatic nitrogens is 1. The molecule has 0 bridgehead atoms. The lowest BCUT2D eigenvalue weighted by Crippen LogP contribution is -2.54. The van der Waals surface area contributed by atoms with E-state index < -0.39 is 12.1 Å². The summed E-state index contributed by atoms with van der Waals surface area (Å²) in [6.45, 7) is 1.93. The Hall–Kier alpha value is -3.61. The topological polar surface area (TPSA) is 74.8 Å². The molecule has 1 N–H and O–H groups in total. The fourth-order valence-electron chi connectivity index (χ4n) is 4.58. The molecule has 0 aliphatic carbocycles. The molecule has 0 saturated heterocycles. The average Bonchev–Trinajstić information content (AvgIpc) is 3.23. The van der Waals surface area contributed by atoms with E-state index in [1.807, 2.05) is 42.5 Å². The third-order valence-electron chi connectivity index (χ3n) is 6.02. The van der Waals surface area contributed by atoms with Crippen molar-refractivity contribution in [1.29, 1.82) is 0 Å². The Labute approximate surface area is 180 Å². The van der Waals surface area contributed by atoms with Crippen LogP contribution in [0.3, 0.4) is 0 Å². The van der Waals surface area contributed by atoms with E-state index in [1.54, 1.807) is 23.9 Å². The molecule has 2 amide bonds. The van der Waals surface area contributed by atoms with E-state index in [9.17, 15) is 9.59 Å². The molecule has 3 aromatic rings. The van der Waals surface area contributed by atoms with Gasteiger partial charge < -0.3 is 19.9 Å². The minimum atomic E-state index is -0.597. The van der Waals surface area contributed by atoms with Gasteiger partial charge in [-0.05, 0) is 35.4 Å². The molecule has 158 valence electrons. The summed E-state index contributed by atoms with van der Waals surface area (Å²) in [7, 11) is 3.44. The number of benzene rings is 2. The van der Waals surface area contributed by atoms with Gasteiger partial charge in [0.15, 0.2) is 6.73 Å². The van der Waals surface area contributed by atoms with E-state index >= 15 is 0 Å². The van der Waals surface area contributed by atoms with Gasteiger partial charge >= 0.3 is 0 Å². The van der Waals surface area contributed by atoms with E-state index in [2.05, 4.69) is 11.4 Å². The minimum absolute atomic E-state index is 0.0990. The highest BCUT2D eigenvalue weighted by atomic mass is 16.5. The Bertz CT molecular complexity index is 1210. The van der Waals surface area contributed by atoms with Gasteiger partial charge in [0.1, 0.15) is 17.8 Å². The van der Waals surface area contributed by atoms with Crippen LogP contribution in [-0.4, -0.2) is 53.5 Å². The molecule has 7 heteroatoms. The fourth-order valence-corrected chi connectivity index (χ4v) is 4.58. The quantitative estimate of drug-likeness (QED) is 0.695. The SMILES string of the molecule is CC(=O)N1[C@H](c2ccc3c(c2)OCN3)c2nc3ccccc3cc2C[C@@H]1C(=O)N(C)C. The Kier molecular flexibility index (Phi) is 4.54. The van der Waals surface area contributed by atoms with Crippen molar-refractivity contribution in [3.05, 3.63) is 65.4 Å².